The van der Waals surface area contributed by atoms with Crippen molar-refractivity contribution in [2.75, 3.05) is 6.61 Å². The van der Waals surface area contributed by atoms with Crippen LogP contribution in [0.2, 0.25) is 0 Å². The second-order valence-corrected chi connectivity index (χ2v) is 5.22. The molecule has 0 saturated carbocycles. The first-order valence-corrected chi connectivity index (χ1v) is 6.89. The van der Waals surface area contributed by atoms with Gasteiger partial charge in [0.1, 0.15) is 5.82 Å². The first kappa shape index (κ1) is 12.0. The summed E-state index contributed by atoms with van der Waals surface area (Å²) in [5, 5.41) is 0. The molecule has 96 valence electrons. The van der Waals surface area contributed by atoms with Crippen LogP contribution in [0.4, 0.5) is 0 Å². The van der Waals surface area contributed by atoms with Gasteiger partial charge in [-0.2, -0.15) is 0 Å². The summed E-state index contributed by atoms with van der Waals surface area (Å²) < 4.78 is 7.95. The lowest BCUT2D eigenvalue weighted by Gasteiger charge is -2.19. The second kappa shape index (κ2) is 4.56. The fourth-order valence-corrected chi connectivity index (χ4v) is 2.97. The molecule has 0 bridgehead atoms. The predicted octanol–water partition coefficient (Wildman–Crippen LogP) is 3.43. The molecule has 1 fully saturated rings. The van der Waals surface area contributed by atoms with Crippen LogP contribution in [-0.4, -0.2) is 22.3 Å². The van der Waals surface area contributed by atoms with Crippen molar-refractivity contribution in [3.63, 3.8) is 0 Å². The quantitative estimate of drug-likeness (QED) is 0.777. The summed E-state index contributed by atoms with van der Waals surface area (Å²) in [5.41, 5.74) is 3.44. The third-order valence-corrected chi connectivity index (χ3v) is 3.94. The molecule has 2 unspecified atom stereocenters. The number of fused-ring (bicyclic) bond motifs is 1. The molecule has 1 aliphatic rings. The number of ether oxygens (including phenoxy) is 1. The number of nitrogens with zero attached hydrogens (tertiary/aromatic N) is 2. The van der Waals surface area contributed by atoms with Gasteiger partial charge in [-0.1, -0.05) is 6.07 Å². The van der Waals surface area contributed by atoms with E-state index >= 15 is 0 Å². The van der Waals surface area contributed by atoms with E-state index in [9.17, 15) is 0 Å². The Kier molecular flexibility index (Phi) is 3.04. The minimum absolute atomic E-state index is 0.227. The third-order valence-electron chi connectivity index (χ3n) is 3.71. The molecule has 0 radical (unpaired) electrons. The lowest BCUT2D eigenvalue weighted by molar-refractivity contribution is 0.108. The molecular weight excluding hydrogens is 248 g/mol. The fraction of sp³-hybridized carbons (Fsp3) is 0.500. The molecule has 2 aromatic rings. The van der Waals surface area contributed by atoms with E-state index < -0.39 is 0 Å². The zero-order valence-electron chi connectivity index (χ0n) is 10.7. The fourth-order valence-electron chi connectivity index (χ4n) is 2.78. The van der Waals surface area contributed by atoms with Crippen molar-refractivity contribution in [3.05, 3.63) is 29.6 Å². The molecule has 1 aromatic heterocycles. The SMILES string of the molecule is Cc1ccc2nc(CCl)n(C3CCOC3C)c2c1. The highest BCUT2D eigenvalue weighted by atomic mass is 35.5. The molecule has 0 aliphatic carbocycles. The van der Waals surface area contributed by atoms with E-state index in [-0.39, 0.29) is 6.10 Å². The van der Waals surface area contributed by atoms with Crippen LogP contribution in [0.5, 0.6) is 0 Å². The molecule has 3 nitrogen and oxygen atoms in total. The van der Waals surface area contributed by atoms with E-state index in [2.05, 4.69) is 41.6 Å². The Morgan fingerprint density at radius 2 is 2.33 bits per heavy atom. The van der Waals surface area contributed by atoms with E-state index in [1.165, 1.54) is 11.1 Å². The average molecular weight is 265 g/mol. The highest BCUT2D eigenvalue weighted by Gasteiger charge is 2.29. The topological polar surface area (TPSA) is 27.1 Å². The Balaban J connectivity index is 2.21. The highest BCUT2D eigenvalue weighted by molar-refractivity contribution is 6.16. The normalized spacial score (nSPS) is 23.9. The summed E-state index contributed by atoms with van der Waals surface area (Å²) in [6, 6.07) is 6.69. The maximum absolute atomic E-state index is 6.05. The molecule has 0 N–H and O–H groups in total. The monoisotopic (exact) mass is 264 g/mol. The molecule has 1 aliphatic heterocycles. The van der Waals surface area contributed by atoms with Gasteiger partial charge in [0.15, 0.2) is 0 Å². The predicted molar refractivity (Wildman–Crippen MR) is 73.1 cm³/mol. The van der Waals surface area contributed by atoms with Crippen LogP contribution in [-0.2, 0) is 10.6 Å². The van der Waals surface area contributed by atoms with Crippen LogP contribution < -0.4 is 0 Å². The van der Waals surface area contributed by atoms with Crippen LogP contribution in [0.25, 0.3) is 11.0 Å². The Labute approximate surface area is 112 Å². The molecule has 18 heavy (non-hydrogen) atoms. The molecule has 1 aromatic carbocycles. The van der Waals surface area contributed by atoms with Gasteiger partial charge in [0.05, 0.1) is 29.1 Å². The van der Waals surface area contributed by atoms with Gasteiger partial charge in [0.25, 0.3) is 0 Å². The van der Waals surface area contributed by atoms with Gasteiger partial charge in [-0.3, -0.25) is 0 Å². The van der Waals surface area contributed by atoms with Gasteiger partial charge < -0.3 is 9.30 Å². The maximum atomic E-state index is 6.05. The Hall–Kier alpha value is -1.06. The Morgan fingerprint density at radius 3 is 3.00 bits per heavy atom. The summed E-state index contributed by atoms with van der Waals surface area (Å²) in [4.78, 5) is 4.63. The summed E-state index contributed by atoms with van der Waals surface area (Å²) >= 11 is 6.05. The molecule has 0 spiro atoms. The zero-order chi connectivity index (χ0) is 12.7. The number of rotatable bonds is 2. The van der Waals surface area contributed by atoms with Gasteiger partial charge in [-0.15, -0.1) is 11.6 Å². The smallest absolute Gasteiger partial charge is 0.125 e. The van der Waals surface area contributed by atoms with Gasteiger partial charge in [-0.25, -0.2) is 4.98 Å². The minimum Gasteiger partial charge on any atom is -0.376 e. The van der Waals surface area contributed by atoms with Crippen molar-refractivity contribution < 1.29 is 4.74 Å². The van der Waals surface area contributed by atoms with E-state index in [1.54, 1.807) is 0 Å². The second-order valence-electron chi connectivity index (χ2n) is 4.96. The van der Waals surface area contributed by atoms with E-state index in [4.69, 9.17) is 16.3 Å². The molecular formula is C14H17ClN2O. The van der Waals surface area contributed by atoms with Gasteiger partial charge in [0.2, 0.25) is 0 Å². The lowest BCUT2D eigenvalue weighted by atomic mass is 10.1. The van der Waals surface area contributed by atoms with Gasteiger partial charge in [-0.05, 0) is 38.0 Å². The minimum atomic E-state index is 0.227. The molecule has 1 saturated heterocycles. The van der Waals surface area contributed by atoms with Crippen LogP contribution in [0.15, 0.2) is 18.2 Å². The molecule has 2 atom stereocenters. The van der Waals surface area contributed by atoms with E-state index in [0.717, 1.165) is 24.4 Å². The van der Waals surface area contributed by atoms with Crippen molar-refractivity contribution >= 4 is 22.6 Å². The zero-order valence-corrected chi connectivity index (χ0v) is 11.4. The van der Waals surface area contributed by atoms with Crippen molar-refractivity contribution in [3.8, 4) is 0 Å². The van der Waals surface area contributed by atoms with Crippen molar-refractivity contribution in [1.82, 2.24) is 9.55 Å². The average Bonchev–Trinajstić information content (AvgIpc) is 2.91. The highest BCUT2D eigenvalue weighted by Crippen LogP contribution is 2.32. The van der Waals surface area contributed by atoms with Crippen LogP contribution in [0, 0.1) is 6.92 Å². The summed E-state index contributed by atoms with van der Waals surface area (Å²) in [6.07, 6.45) is 1.26. The summed E-state index contributed by atoms with van der Waals surface area (Å²) in [7, 11) is 0. The van der Waals surface area contributed by atoms with Crippen molar-refractivity contribution in [2.24, 2.45) is 0 Å². The summed E-state index contributed by atoms with van der Waals surface area (Å²) in [6.45, 7) is 5.04. The van der Waals surface area contributed by atoms with Crippen molar-refractivity contribution in [2.45, 2.75) is 38.3 Å². The number of hydrogen-bond donors (Lipinski definition) is 0. The maximum Gasteiger partial charge on any atom is 0.125 e. The van der Waals surface area contributed by atoms with Crippen LogP contribution in [0.1, 0.15) is 30.8 Å². The van der Waals surface area contributed by atoms with Crippen LogP contribution >= 0.6 is 11.6 Å². The standard InChI is InChI=1S/C14H17ClN2O/c1-9-3-4-11-13(7-9)17(14(8-15)16-11)12-5-6-18-10(12)2/h3-4,7,10,12H,5-6,8H2,1-2H3. The number of halogens is 1. The molecule has 0 amide bonds. The molecule has 4 heteroatoms. The lowest BCUT2D eigenvalue weighted by Crippen LogP contribution is -2.18. The number of aryl methyl sites for hydroxylation is 1. The van der Waals surface area contributed by atoms with Crippen molar-refractivity contribution in [1.29, 1.82) is 0 Å². The number of benzene rings is 1. The Morgan fingerprint density at radius 1 is 1.50 bits per heavy atom. The van der Waals surface area contributed by atoms with E-state index in [0.29, 0.717) is 11.9 Å². The molecule has 3 rings (SSSR count). The number of hydrogen-bond acceptors (Lipinski definition) is 2. The Bertz CT molecular complexity index is 578. The summed E-state index contributed by atoms with van der Waals surface area (Å²) in [5.74, 6) is 1.39. The first-order valence-electron chi connectivity index (χ1n) is 6.35. The van der Waals surface area contributed by atoms with Crippen LogP contribution in [0.3, 0.4) is 0 Å². The number of imidazole rings is 1. The third kappa shape index (κ3) is 1.82. The molecule has 2 heterocycles. The van der Waals surface area contributed by atoms with E-state index in [1.807, 2.05) is 0 Å². The van der Waals surface area contributed by atoms with Gasteiger partial charge in [0, 0.05) is 6.61 Å². The number of alkyl halides is 1. The number of aromatic nitrogens is 2. The first-order chi connectivity index (χ1) is 8.70. The van der Waals surface area contributed by atoms with Gasteiger partial charge >= 0.3 is 0 Å². The largest absolute Gasteiger partial charge is 0.376 e.